The van der Waals surface area contributed by atoms with Crippen molar-refractivity contribution in [1.82, 2.24) is 10.2 Å². The first-order valence-corrected chi connectivity index (χ1v) is 12.3. The van der Waals surface area contributed by atoms with Gasteiger partial charge in [-0.05, 0) is 30.2 Å². The molecule has 10 heteroatoms. The van der Waals surface area contributed by atoms with Crippen molar-refractivity contribution in [2.24, 2.45) is 4.99 Å². The van der Waals surface area contributed by atoms with Gasteiger partial charge in [0.05, 0.1) is 25.5 Å². The number of carbonyl (C=O) groups is 4. The van der Waals surface area contributed by atoms with Gasteiger partial charge < -0.3 is 19.5 Å². The van der Waals surface area contributed by atoms with Gasteiger partial charge in [0, 0.05) is 55.1 Å². The molecule has 2 heterocycles. The number of rotatable bonds is 6. The van der Waals surface area contributed by atoms with Crippen molar-refractivity contribution in [3.63, 3.8) is 0 Å². The zero-order chi connectivity index (χ0) is 27.0. The summed E-state index contributed by atoms with van der Waals surface area (Å²) in [5, 5.41) is 13.1. The fourth-order valence-corrected chi connectivity index (χ4v) is 5.26. The number of ketones is 1. The fraction of sp³-hybridized carbons (Fsp3) is 0.321. The van der Waals surface area contributed by atoms with E-state index in [1.165, 1.54) is 11.1 Å². The SMILES string of the molecule is COc1ccc(C2CC(=O)C(C=Nc3cccc4c3CN(C3CCC(=O)NC3=O)C4=O)=C(O)C2)c(OC)c1. The highest BCUT2D eigenvalue weighted by molar-refractivity contribution is 6.15. The molecule has 3 amide bonds. The maximum atomic E-state index is 13.0. The summed E-state index contributed by atoms with van der Waals surface area (Å²) < 4.78 is 10.7. The summed E-state index contributed by atoms with van der Waals surface area (Å²) >= 11 is 0. The Kier molecular flexibility index (Phi) is 6.71. The predicted octanol–water partition coefficient (Wildman–Crippen LogP) is 3.13. The molecule has 2 aromatic carbocycles. The lowest BCUT2D eigenvalue weighted by Gasteiger charge is -2.29. The number of carbonyl (C=O) groups excluding carboxylic acids is 4. The van der Waals surface area contributed by atoms with Gasteiger partial charge in [-0.25, -0.2) is 0 Å². The van der Waals surface area contributed by atoms with Crippen molar-refractivity contribution in [1.29, 1.82) is 0 Å². The van der Waals surface area contributed by atoms with Crippen LogP contribution in [-0.2, 0) is 20.9 Å². The quantitative estimate of drug-likeness (QED) is 0.444. The minimum absolute atomic E-state index is 0.0679. The molecule has 196 valence electrons. The molecule has 0 saturated carbocycles. The van der Waals surface area contributed by atoms with E-state index in [1.54, 1.807) is 44.6 Å². The smallest absolute Gasteiger partial charge is 0.255 e. The average molecular weight is 518 g/mol. The van der Waals surface area contributed by atoms with Crippen LogP contribution in [0.1, 0.15) is 53.1 Å². The third-order valence-electron chi connectivity index (χ3n) is 7.25. The van der Waals surface area contributed by atoms with Crippen LogP contribution < -0.4 is 14.8 Å². The van der Waals surface area contributed by atoms with Crippen LogP contribution in [-0.4, -0.2) is 60.0 Å². The molecule has 2 aromatic rings. The van der Waals surface area contributed by atoms with Crippen LogP contribution in [0.3, 0.4) is 0 Å². The van der Waals surface area contributed by atoms with Crippen molar-refractivity contribution in [3.05, 3.63) is 64.4 Å². The van der Waals surface area contributed by atoms with Gasteiger partial charge in [0.1, 0.15) is 23.3 Å². The second-order valence-corrected chi connectivity index (χ2v) is 9.46. The minimum Gasteiger partial charge on any atom is -0.511 e. The maximum absolute atomic E-state index is 13.0. The van der Waals surface area contributed by atoms with E-state index in [-0.39, 0.29) is 67.1 Å². The average Bonchev–Trinajstić information content (AvgIpc) is 3.24. The van der Waals surface area contributed by atoms with Gasteiger partial charge in [-0.2, -0.15) is 0 Å². The summed E-state index contributed by atoms with van der Waals surface area (Å²) in [6.45, 7) is 0.159. The lowest BCUT2D eigenvalue weighted by Crippen LogP contribution is -2.52. The molecule has 1 aliphatic carbocycles. The van der Waals surface area contributed by atoms with Crippen molar-refractivity contribution in [2.75, 3.05) is 14.2 Å². The first-order valence-electron chi connectivity index (χ1n) is 12.3. The van der Waals surface area contributed by atoms with Crippen LogP contribution >= 0.6 is 0 Å². The molecule has 10 nitrogen and oxygen atoms in total. The second kappa shape index (κ2) is 10.1. The van der Waals surface area contributed by atoms with Crippen LogP contribution in [0.25, 0.3) is 0 Å². The van der Waals surface area contributed by atoms with Gasteiger partial charge in [0.2, 0.25) is 11.8 Å². The number of aliphatic imine (C=N–C) groups is 1. The molecule has 2 atom stereocenters. The van der Waals surface area contributed by atoms with Gasteiger partial charge in [0.15, 0.2) is 5.78 Å². The normalized spacial score (nSPS) is 21.7. The van der Waals surface area contributed by atoms with E-state index in [1.807, 2.05) is 6.07 Å². The number of hydrogen-bond acceptors (Lipinski definition) is 8. The Labute approximate surface area is 218 Å². The van der Waals surface area contributed by atoms with Crippen molar-refractivity contribution >= 4 is 35.4 Å². The molecule has 1 fully saturated rings. The molecule has 0 spiro atoms. The molecule has 0 bridgehead atoms. The zero-order valence-electron chi connectivity index (χ0n) is 21.0. The van der Waals surface area contributed by atoms with Crippen LogP contribution in [0.15, 0.2) is 52.7 Å². The molecule has 2 unspecified atom stereocenters. The number of allylic oxidation sites excluding steroid dienone is 2. The van der Waals surface area contributed by atoms with Crippen LogP contribution in [0.2, 0.25) is 0 Å². The number of nitrogens with zero attached hydrogens (tertiary/aromatic N) is 2. The Morgan fingerprint density at radius 1 is 1.08 bits per heavy atom. The number of nitrogens with one attached hydrogen (secondary N) is 1. The predicted molar refractivity (Wildman–Crippen MR) is 137 cm³/mol. The van der Waals surface area contributed by atoms with E-state index in [4.69, 9.17) is 9.47 Å². The number of aliphatic hydroxyl groups is 1. The summed E-state index contributed by atoms with van der Waals surface area (Å²) in [6, 6.07) is 9.69. The maximum Gasteiger partial charge on any atom is 0.255 e. The lowest BCUT2D eigenvalue weighted by atomic mass is 9.82. The number of aliphatic hydroxyl groups excluding tert-OH is 1. The zero-order valence-corrected chi connectivity index (χ0v) is 21.0. The van der Waals surface area contributed by atoms with E-state index >= 15 is 0 Å². The number of ether oxygens (including phenoxy) is 2. The highest BCUT2D eigenvalue weighted by Gasteiger charge is 2.40. The molecule has 0 aromatic heterocycles. The van der Waals surface area contributed by atoms with Crippen molar-refractivity contribution in [3.8, 4) is 11.5 Å². The first-order chi connectivity index (χ1) is 18.3. The highest BCUT2D eigenvalue weighted by Crippen LogP contribution is 2.39. The van der Waals surface area contributed by atoms with Crippen molar-refractivity contribution < 1.29 is 33.8 Å². The number of piperidine rings is 1. The Bertz CT molecular complexity index is 1410. The topological polar surface area (TPSA) is 135 Å². The van der Waals surface area contributed by atoms with Gasteiger partial charge in [0.25, 0.3) is 5.91 Å². The largest absolute Gasteiger partial charge is 0.511 e. The molecule has 1 saturated heterocycles. The lowest BCUT2D eigenvalue weighted by molar-refractivity contribution is -0.137. The molecule has 5 rings (SSSR count). The molecule has 2 aliphatic heterocycles. The summed E-state index contributed by atoms with van der Waals surface area (Å²) in [5.41, 5.74) is 2.44. The summed E-state index contributed by atoms with van der Waals surface area (Å²) in [4.78, 5) is 55.8. The summed E-state index contributed by atoms with van der Waals surface area (Å²) in [7, 11) is 3.10. The molecule has 3 aliphatic rings. The number of hydrogen-bond donors (Lipinski definition) is 2. The van der Waals surface area contributed by atoms with E-state index < -0.39 is 11.9 Å². The summed E-state index contributed by atoms with van der Waals surface area (Å²) in [6.07, 6.45) is 2.18. The van der Waals surface area contributed by atoms with Crippen molar-refractivity contribution in [2.45, 2.75) is 44.2 Å². The van der Waals surface area contributed by atoms with Gasteiger partial charge >= 0.3 is 0 Å². The van der Waals surface area contributed by atoms with E-state index in [0.717, 1.165) is 5.56 Å². The van der Waals surface area contributed by atoms with E-state index in [2.05, 4.69) is 10.3 Å². The Hall–Kier alpha value is -4.47. The molecular formula is C28H27N3O7. The van der Waals surface area contributed by atoms with Crippen LogP contribution in [0, 0.1) is 0 Å². The highest BCUT2D eigenvalue weighted by atomic mass is 16.5. The van der Waals surface area contributed by atoms with Crippen LogP contribution in [0.4, 0.5) is 5.69 Å². The Morgan fingerprint density at radius 3 is 2.61 bits per heavy atom. The monoisotopic (exact) mass is 517 g/mol. The number of benzene rings is 2. The Balaban J connectivity index is 1.37. The number of methoxy groups -OCH3 is 2. The van der Waals surface area contributed by atoms with E-state index in [0.29, 0.717) is 28.3 Å². The van der Waals surface area contributed by atoms with Gasteiger partial charge in [-0.3, -0.25) is 29.5 Å². The summed E-state index contributed by atoms with van der Waals surface area (Å²) in [5.74, 6) is -0.518. The minimum atomic E-state index is -0.733. The molecular weight excluding hydrogens is 490 g/mol. The number of amides is 3. The van der Waals surface area contributed by atoms with E-state index in [9.17, 15) is 24.3 Å². The third kappa shape index (κ3) is 4.53. The number of Topliss-reactive ketones (excluding diaryl/α,β-unsaturated/α-hetero) is 1. The second-order valence-electron chi connectivity index (χ2n) is 9.46. The first kappa shape index (κ1) is 25.2. The number of fused-ring (bicyclic) bond motifs is 1. The standard InChI is InChI=1S/C28H27N3O7/c1-37-16-6-7-17(25(12-16)38-2)15-10-23(32)19(24(33)11-15)13-29-21-5-3-4-18-20(21)14-31(28(18)36)22-8-9-26(34)30-27(22)35/h3-7,12-13,15,22,32H,8-11,14H2,1-2H3,(H,30,34,35). The fourth-order valence-electron chi connectivity index (χ4n) is 5.26. The third-order valence-corrected chi connectivity index (χ3v) is 7.25. The van der Waals surface area contributed by atoms with Gasteiger partial charge in [-0.15, -0.1) is 0 Å². The molecule has 38 heavy (non-hydrogen) atoms. The Morgan fingerprint density at radius 2 is 1.89 bits per heavy atom. The molecule has 0 radical (unpaired) electrons. The van der Waals surface area contributed by atoms with Crippen LogP contribution in [0.5, 0.6) is 11.5 Å². The number of imide groups is 1. The van der Waals surface area contributed by atoms with Gasteiger partial charge in [-0.1, -0.05) is 12.1 Å². The molecule has 2 N–H and O–H groups in total.